The third-order valence-corrected chi connectivity index (χ3v) is 2.80. The van der Waals surface area contributed by atoms with E-state index in [2.05, 4.69) is 15.3 Å². The zero-order valence-electron chi connectivity index (χ0n) is 9.52. The van der Waals surface area contributed by atoms with Crippen molar-refractivity contribution in [3.05, 3.63) is 29.5 Å². The van der Waals surface area contributed by atoms with Crippen LogP contribution in [-0.2, 0) is 0 Å². The van der Waals surface area contributed by atoms with E-state index in [9.17, 15) is 5.11 Å². The van der Waals surface area contributed by atoms with Gasteiger partial charge in [-0.25, -0.2) is 9.97 Å². The number of rotatable bonds is 4. The number of hydrogen-bond acceptors (Lipinski definition) is 4. The van der Waals surface area contributed by atoms with Gasteiger partial charge in [-0.05, 0) is 30.2 Å². The molecule has 0 fully saturated rings. The summed E-state index contributed by atoms with van der Waals surface area (Å²) in [7, 11) is 0. The van der Waals surface area contributed by atoms with Crippen LogP contribution in [0, 0.1) is 0 Å². The van der Waals surface area contributed by atoms with E-state index < -0.39 is 0 Å². The normalized spacial score (nSPS) is 12.6. The van der Waals surface area contributed by atoms with E-state index in [0.717, 1.165) is 17.3 Å². The molecule has 5 heteroatoms. The number of aliphatic hydroxyl groups is 1. The second-order valence-corrected chi connectivity index (χ2v) is 4.13. The molecule has 1 aromatic carbocycles. The molecule has 0 saturated carbocycles. The van der Waals surface area contributed by atoms with E-state index in [4.69, 9.17) is 11.6 Å². The van der Waals surface area contributed by atoms with Gasteiger partial charge in [-0.3, -0.25) is 0 Å². The highest BCUT2D eigenvalue weighted by molar-refractivity contribution is 6.28. The summed E-state index contributed by atoms with van der Waals surface area (Å²) in [4.78, 5) is 8.32. The zero-order chi connectivity index (χ0) is 12.3. The molecule has 0 aliphatic carbocycles. The smallest absolute Gasteiger partial charge is 0.224 e. The van der Waals surface area contributed by atoms with Crippen LogP contribution < -0.4 is 5.32 Å². The molecule has 2 aromatic rings. The van der Waals surface area contributed by atoms with Crippen LogP contribution in [0.3, 0.4) is 0 Å². The van der Waals surface area contributed by atoms with Gasteiger partial charge in [-0.1, -0.05) is 19.1 Å². The Balaban J connectivity index is 2.44. The first-order valence-electron chi connectivity index (χ1n) is 5.54. The van der Waals surface area contributed by atoms with Crippen molar-refractivity contribution in [3.8, 4) is 0 Å². The number of benzene rings is 1. The molecule has 1 unspecified atom stereocenters. The predicted molar refractivity (Wildman–Crippen MR) is 69.3 cm³/mol. The molecule has 0 spiro atoms. The van der Waals surface area contributed by atoms with Crippen LogP contribution in [0.15, 0.2) is 24.3 Å². The Bertz CT molecular complexity index is 514. The second-order valence-electron chi connectivity index (χ2n) is 3.79. The molecule has 0 radical (unpaired) electrons. The Kier molecular flexibility index (Phi) is 3.76. The van der Waals surface area contributed by atoms with Gasteiger partial charge in [-0.15, -0.1) is 0 Å². The summed E-state index contributed by atoms with van der Waals surface area (Å²) in [6.45, 7) is 2.06. The van der Waals surface area contributed by atoms with Crippen molar-refractivity contribution >= 4 is 28.3 Å². The highest BCUT2D eigenvalue weighted by atomic mass is 35.5. The Hall–Kier alpha value is -1.39. The number of hydrogen-bond donors (Lipinski definition) is 2. The minimum Gasteiger partial charge on any atom is -0.394 e. The molecule has 2 rings (SSSR count). The fourth-order valence-electron chi connectivity index (χ4n) is 1.63. The second kappa shape index (κ2) is 5.29. The van der Waals surface area contributed by atoms with Gasteiger partial charge in [0, 0.05) is 5.39 Å². The molecule has 0 aliphatic heterocycles. The van der Waals surface area contributed by atoms with Crippen LogP contribution in [0.5, 0.6) is 0 Å². The number of fused-ring (bicyclic) bond motifs is 1. The molecule has 1 heterocycles. The van der Waals surface area contributed by atoms with Crippen molar-refractivity contribution in [1.82, 2.24) is 9.97 Å². The maximum atomic E-state index is 9.19. The van der Waals surface area contributed by atoms with E-state index in [1.165, 1.54) is 0 Å². The molecule has 17 heavy (non-hydrogen) atoms. The van der Waals surface area contributed by atoms with Gasteiger partial charge in [-0.2, -0.15) is 0 Å². The van der Waals surface area contributed by atoms with Crippen molar-refractivity contribution in [2.24, 2.45) is 0 Å². The van der Waals surface area contributed by atoms with Crippen molar-refractivity contribution in [3.63, 3.8) is 0 Å². The topological polar surface area (TPSA) is 58.0 Å². The Morgan fingerprint density at radius 1 is 1.35 bits per heavy atom. The number of nitrogens with one attached hydrogen (secondary N) is 1. The molecule has 0 aliphatic rings. The van der Waals surface area contributed by atoms with Crippen LogP contribution in [0.25, 0.3) is 10.9 Å². The van der Waals surface area contributed by atoms with Gasteiger partial charge in [0.1, 0.15) is 5.82 Å². The average molecular weight is 252 g/mol. The number of para-hydroxylation sites is 1. The van der Waals surface area contributed by atoms with Gasteiger partial charge in [0.15, 0.2) is 0 Å². The lowest BCUT2D eigenvalue weighted by Gasteiger charge is -2.16. The Morgan fingerprint density at radius 3 is 2.82 bits per heavy atom. The van der Waals surface area contributed by atoms with E-state index in [-0.39, 0.29) is 17.9 Å². The van der Waals surface area contributed by atoms with Gasteiger partial charge < -0.3 is 10.4 Å². The Morgan fingerprint density at radius 2 is 2.12 bits per heavy atom. The van der Waals surface area contributed by atoms with E-state index in [1.54, 1.807) is 0 Å². The summed E-state index contributed by atoms with van der Waals surface area (Å²) in [5.41, 5.74) is 0.794. The van der Waals surface area contributed by atoms with Crippen LogP contribution in [0.4, 0.5) is 5.82 Å². The average Bonchev–Trinajstić information content (AvgIpc) is 2.35. The number of nitrogens with zero attached hydrogens (tertiary/aromatic N) is 2. The highest BCUT2D eigenvalue weighted by Gasteiger charge is 2.10. The molecule has 2 N–H and O–H groups in total. The van der Waals surface area contributed by atoms with E-state index >= 15 is 0 Å². The molecule has 0 bridgehead atoms. The van der Waals surface area contributed by atoms with Gasteiger partial charge in [0.05, 0.1) is 18.2 Å². The molecular weight excluding hydrogens is 238 g/mol. The largest absolute Gasteiger partial charge is 0.394 e. The number of aromatic nitrogens is 2. The summed E-state index contributed by atoms with van der Waals surface area (Å²) in [5, 5.41) is 13.5. The number of aliphatic hydroxyl groups excluding tert-OH is 1. The predicted octanol–water partition coefficient (Wildman–Crippen LogP) is 2.47. The van der Waals surface area contributed by atoms with Crippen LogP contribution >= 0.6 is 11.6 Å². The monoisotopic (exact) mass is 251 g/mol. The van der Waals surface area contributed by atoms with Gasteiger partial charge >= 0.3 is 0 Å². The first kappa shape index (κ1) is 12.1. The third kappa shape index (κ3) is 2.65. The van der Waals surface area contributed by atoms with Crippen molar-refractivity contribution in [2.45, 2.75) is 19.4 Å². The van der Waals surface area contributed by atoms with Crippen LogP contribution in [0.2, 0.25) is 5.28 Å². The number of halogens is 1. The van der Waals surface area contributed by atoms with Crippen LogP contribution in [0.1, 0.15) is 13.3 Å². The molecular formula is C12H14ClN3O. The molecule has 90 valence electrons. The lowest BCUT2D eigenvalue weighted by atomic mass is 10.2. The first-order chi connectivity index (χ1) is 8.24. The van der Waals surface area contributed by atoms with Gasteiger partial charge in [0.25, 0.3) is 0 Å². The standard InChI is InChI=1S/C12H14ClN3O/c1-2-8(7-17)14-11-9-5-3-4-6-10(9)15-12(13)16-11/h3-6,8,17H,2,7H2,1H3,(H,14,15,16). The number of anilines is 1. The minimum absolute atomic E-state index is 0.0237. The SMILES string of the molecule is CCC(CO)Nc1nc(Cl)nc2ccccc12. The fraction of sp³-hybridized carbons (Fsp3) is 0.333. The van der Waals surface area contributed by atoms with Gasteiger partial charge in [0.2, 0.25) is 5.28 Å². The van der Waals surface area contributed by atoms with E-state index in [0.29, 0.717) is 5.82 Å². The molecule has 4 nitrogen and oxygen atoms in total. The maximum absolute atomic E-state index is 9.19. The van der Waals surface area contributed by atoms with E-state index in [1.807, 2.05) is 31.2 Å². The first-order valence-corrected chi connectivity index (χ1v) is 5.92. The summed E-state index contributed by atoms with van der Waals surface area (Å²) in [5.74, 6) is 0.668. The third-order valence-electron chi connectivity index (χ3n) is 2.63. The summed E-state index contributed by atoms with van der Waals surface area (Å²) in [6, 6.07) is 7.61. The molecule has 0 saturated heterocycles. The van der Waals surface area contributed by atoms with Crippen molar-refractivity contribution in [1.29, 1.82) is 0 Å². The highest BCUT2D eigenvalue weighted by Crippen LogP contribution is 2.22. The lowest BCUT2D eigenvalue weighted by Crippen LogP contribution is -2.23. The van der Waals surface area contributed by atoms with Crippen LogP contribution in [-0.4, -0.2) is 27.7 Å². The van der Waals surface area contributed by atoms with Crippen molar-refractivity contribution in [2.75, 3.05) is 11.9 Å². The lowest BCUT2D eigenvalue weighted by molar-refractivity contribution is 0.271. The summed E-state index contributed by atoms with van der Waals surface area (Å²) in [6.07, 6.45) is 0.812. The summed E-state index contributed by atoms with van der Waals surface area (Å²) >= 11 is 5.87. The molecule has 1 atom stereocenters. The maximum Gasteiger partial charge on any atom is 0.224 e. The minimum atomic E-state index is -0.0237. The molecule has 1 aromatic heterocycles. The fourth-order valence-corrected chi connectivity index (χ4v) is 1.80. The zero-order valence-corrected chi connectivity index (χ0v) is 10.3. The summed E-state index contributed by atoms with van der Waals surface area (Å²) < 4.78 is 0. The molecule has 0 amide bonds. The van der Waals surface area contributed by atoms with Crippen molar-refractivity contribution < 1.29 is 5.11 Å². The quantitative estimate of drug-likeness (QED) is 0.820. The Labute approximate surface area is 105 Å².